The second-order valence-electron chi connectivity index (χ2n) is 13.7. The number of aliphatic carboxylic acids is 1. The van der Waals surface area contributed by atoms with E-state index in [0.29, 0.717) is 30.6 Å². The molecule has 3 aliphatic rings. The van der Waals surface area contributed by atoms with Gasteiger partial charge in [0, 0.05) is 31.0 Å². The topological polar surface area (TPSA) is 185 Å². The number of benzene rings is 1. The van der Waals surface area contributed by atoms with E-state index in [0.717, 1.165) is 19.3 Å². The molecule has 4 amide bonds. The molecule has 5 atom stereocenters. The van der Waals surface area contributed by atoms with Gasteiger partial charge in [-0.05, 0) is 53.4 Å². The number of nitrogens with zero attached hydrogens (tertiary/aromatic N) is 4. The Labute approximate surface area is 279 Å². The highest BCUT2D eigenvalue weighted by Crippen LogP contribution is 2.45. The van der Waals surface area contributed by atoms with Crippen LogP contribution in [0.3, 0.4) is 0 Å². The highest BCUT2D eigenvalue weighted by atomic mass is 16.6. The third-order valence-corrected chi connectivity index (χ3v) is 8.88. The lowest BCUT2D eigenvalue weighted by molar-refractivity contribution is -0.145. The predicted octanol–water partition coefficient (Wildman–Crippen LogP) is 3.21. The molecule has 1 saturated heterocycles. The van der Waals surface area contributed by atoms with Crippen LogP contribution in [0, 0.1) is 5.92 Å². The number of hydrogen-bond donors (Lipinski definition) is 4. The van der Waals surface area contributed by atoms with Gasteiger partial charge in [-0.3, -0.25) is 14.4 Å². The van der Waals surface area contributed by atoms with Crippen molar-refractivity contribution >= 4 is 29.8 Å². The minimum Gasteiger partial charge on any atom is -0.479 e. The maximum absolute atomic E-state index is 14.3. The average molecular weight is 664 g/mol. The highest BCUT2D eigenvalue weighted by molar-refractivity contribution is 5.98. The van der Waals surface area contributed by atoms with E-state index in [1.165, 1.54) is 9.70 Å². The number of hydrogen-bond acceptors (Lipinski definition) is 8. The maximum atomic E-state index is 14.3. The molecule has 1 aromatic heterocycles. The first-order valence-corrected chi connectivity index (χ1v) is 16.7. The number of fused-ring (bicyclic) bond motifs is 2. The first-order valence-electron chi connectivity index (χ1n) is 16.7. The minimum atomic E-state index is -1.47. The van der Waals surface area contributed by atoms with Crippen LogP contribution in [-0.2, 0) is 19.1 Å². The van der Waals surface area contributed by atoms with Gasteiger partial charge < -0.3 is 30.7 Å². The molecule has 1 aliphatic carbocycles. The molecule has 2 fully saturated rings. The Morgan fingerprint density at radius 3 is 2.54 bits per heavy atom. The van der Waals surface area contributed by atoms with Crippen molar-refractivity contribution < 1.29 is 33.8 Å². The van der Waals surface area contributed by atoms with E-state index in [1.807, 2.05) is 42.5 Å². The number of carbonyl (C=O) groups excluding carboxylic acids is 4. The Kier molecular flexibility index (Phi) is 10.2. The zero-order valence-corrected chi connectivity index (χ0v) is 27.9. The number of carbonyl (C=O) groups is 5. The number of nitrogens with one attached hydrogen (secondary N) is 3. The summed E-state index contributed by atoms with van der Waals surface area (Å²) in [6, 6.07) is 6.40. The van der Waals surface area contributed by atoms with Gasteiger partial charge in [-0.15, -0.1) is 5.10 Å². The molecular weight excluding hydrogens is 618 g/mol. The van der Waals surface area contributed by atoms with Gasteiger partial charge in [0.25, 0.3) is 5.91 Å². The molecule has 4 N–H and O–H groups in total. The second kappa shape index (κ2) is 14.2. The van der Waals surface area contributed by atoms with E-state index in [-0.39, 0.29) is 31.0 Å². The lowest BCUT2D eigenvalue weighted by Gasteiger charge is -2.30. The Balaban J connectivity index is 1.50. The number of alkyl carbamates (subject to hydrolysis) is 1. The summed E-state index contributed by atoms with van der Waals surface area (Å²) in [5.41, 5.74) is -1.14. The fraction of sp³-hybridized carbons (Fsp3) is 0.559. The molecule has 14 heteroatoms. The molecule has 1 aromatic carbocycles. The van der Waals surface area contributed by atoms with Gasteiger partial charge in [0.05, 0.1) is 6.04 Å². The van der Waals surface area contributed by atoms with E-state index in [2.05, 4.69) is 26.1 Å². The van der Waals surface area contributed by atoms with Crippen molar-refractivity contribution in [2.24, 2.45) is 5.92 Å². The van der Waals surface area contributed by atoms with E-state index in [9.17, 15) is 29.1 Å². The summed E-state index contributed by atoms with van der Waals surface area (Å²) in [5, 5.41) is 27.6. The fourth-order valence-electron chi connectivity index (χ4n) is 6.37. The summed E-state index contributed by atoms with van der Waals surface area (Å²) in [5.74, 6) is -3.03. The molecule has 5 rings (SSSR count). The number of ether oxygens (including phenoxy) is 1. The van der Waals surface area contributed by atoms with Gasteiger partial charge in [-0.2, -0.15) is 9.90 Å². The van der Waals surface area contributed by atoms with Crippen LogP contribution in [0.5, 0.6) is 0 Å². The van der Waals surface area contributed by atoms with Crippen molar-refractivity contribution in [2.75, 3.05) is 13.1 Å². The SMILES string of the molecule is CCNC(=O)c1nn([C@H]2C[C@H]3C(=O)N[C@]4(C(=O)O)C[C@H]4/C=C\CCCCC[C@H](NC(=O)OC(C)(C)C)C(=O)N3C2)nc1-c1ccccc1. The third kappa shape index (κ3) is 7.69. The van der Waals surface area contributed by atoms with Gasteiger partial charge in [-0.1, -0.05) is 55.3 Å². The number of allylic oxidation sites excluding steroid dienone is 1. The number of aromatic nitrogens is 3. The molecule has 258 valence electrons. The van der Waals surface area contributed by atoms with Crippen LogP contribution in [0.4, 0.5) is 4.79 Å². The van der Waals surface area contributed by atoms with Crippen LogP contribution >= 0.6 is 0 Å². The molecule has 0 unspecified atom stereocenters. The third-order valence-electron chi connectivity index (χ3n) is 8.88. The minimum absolute atomic E-state index is 0.00936. The molecule has 3 heterocycles. The van der Waals surface area contributed by atoms with Gasteiger partial charge in [-0.25, -0.2) is 9.59 Å². The smallest absolute Gasteiger partial charge is 0.408 e. The van der Waals surface area contributed by atoms with Crippen molar-refractivity contribution in [2.45, 2.75) is 102 Å². The normalized spacial score (nSPS) is 27.0. The molecule has 2 aromatic rings. The lowest BCUT2D eigenvalue weighted by atomic mass is 10.0. The Hall–Kier alpha value is -4.75. The van der Waals surface area contributed by atoms with Crippen molar-refractivity contribution in [1.29, 1.82) is 0 Å². The molecule has 14 nitrogen and oxygen atoms in total. The summed E-state index contributed by atoms with van der Waals surface area (Å²) >= 11 is 0. The number of rotatable bonds is 6. The summed E-state index contributed by atoms with van der Waals surface area (Å²) < 4.78 is 5.46. The number of carboxylic acids is 1. The largest absolute Gasteiger partial charge is 0.479 e. The van der Waals surface area contributed by atoms with Crippen LogP contribution in [0.2, 0.25) is 0 Å². The lowest BCUT2D eigenvalue weighted by Crippen LogP contribution is -2.56. The van der Waals surface area contributed by atoms with Crippen LogP contribution in [-0.4, -0.2) is 91.1 Å². The molecule has 1 saturated carbocycles. The molecule has 2 aliphatic heterocycles. The predicted molar refractivity (Wildman–Crippen MR) is 175 cm³/mol. The monoisotopic (exact) mass is 663 g/mol. The summed E-state index contributed by atoms with van der Waals surface area (Å²) in [6.45, 7) is 7.34. The fourth-order valence-corrected chi connectivity index (χ4v) is 6.37. The molecule has 0 spiro atoms. The van der Waals surface area contributed by atoms with Crippen LogP contribution in [0.15, 0.2) is 42.5 Å². The van der Waals surface area contributed by atoms with Gasteiger partial charge in [0.15, 0.2) is 5.69 Å². The second-order valence-corrected chi connectivity index (χ2v) is 13.7. The van der Waals surface area contributed by atoms with Gasteiger partial charge >= 0.3 is 12.1 Å². The molecule has 0 bridgehead atoms. The average Bonchev–Trinajstić information content (AvgIpc) is 3.35. The first kappa shape index (κ1) is 34.6. The maximum Gasteiger partial charge on any atom is 0.408 e. The zero-order valence-electron chi connectivity index (χ0n) is 27.9. The van der Waals surface area contributed by atoms with E-state index in [1.54, 1.807) is 27.7 Å². The van der Waals surface area contributed by atoms with Crippen LogP contribution in [0.25, 0.3) is 11.3 Å². The van der Waals surface area contributed by atoms with Gasteiger partial charge in [0.1, 0.15) is 28.9 Å². The van der Waals surface area contributed by atoms with E-state index >= 15 is 0 Å². The van der Waals surface area contributed by atoms with Crippen molar-refractivity contribution in [1.82, 2.24) is 35.8 Å². The number of amides is 4. The summed E-state index contributed by atoms with van der Waals surface area (Å²) in [7, 11) is 0. The van der Waals surface area contributed by atoms with Crippen molar-refractivity contribution in [3.05, 3.63) is 48.2 Å². The van der Waals surface area contributed by atoms with E-state index in [4.69, 9.17) is 4.74 Å². The summed E-state index contributed by atoms with van der Waals surface area (Å²) in [4.78, 5) is 69.4. The Morgan fingerprint density at radius 1 is 1.10 bits per heavy atom. The summed E-state index contributed by atoms with van der Waals surface area (Å²) in [6.07, 6.45) is 6.63. The van der Waals surface area contributed by atoms with Gasteiger partial charge in [0.2, 0.25) is 11.8 Å². The highest BCUT2D eigenvalue weighted by Gasteiger charge is 2.61. The van der Waals surface area contributed by atoms with Crippen molar-refractivity contribution in [3.8, 4) is 11.3 Å². The van der Waals surface area contributed by atoms with E-state index < -0.39 is 59.0 Å². The molecule has 0 radical (unpaired) electrons. The Bertz CT molecular complexity index is 1570. The molecule has 48 heavy (non-hydrogen) atoms. The zero-order chi connectivity index (χ0) is 34.6. The van der Waals surface area contributed by atoms with Crippen LogP contribution in [0.1, 0.15) is 89.2 Å². The Morgan fingerprint density at radius 2 is 1.85 bits per heavy atom. The van der Waals surface area contributed by atoms with Crippen molar-refractivity contribution in [3.63, 3.8) is 0 Å². The quantitative estimate of drug-likeness (QED) is 0.337. The first-order chi connectivity index (χ1) is 22.8. The standard InChI is InChI=1S/C34H45N7O7/c1-5-35-29(43)27-26(21-14-10-9-11-15-21)38-41(39-27)23-18-25-28(42)37-34(31(45)46)19-22(34)16-12-7-6-8-13-17-24(30(44)40(25)20-23)36-32(47)48-33(2,3)4/h9-12,14-16,22-25H,5-8,13,17-20H2,1-4H3,(H,35,43)(H,36,47)(H,37,42)(H,45,46)/b16-12-/t22-,23+,24+,25+,34-/m1/s1. The number of carboxylic acid groups (broad SMARTS) is 1. The molecular formula is C34H45N7O7. The van der Waals surface area contributed by atoms with Crippen LogP contribution < -0.4 is 16.0 Å².